The molecule has 0 aromatic heterocycles. The van der Waals surface area contributed by atoms with Crippen LogP contribution in [0.4, 0.5) is 0 Å². The molecule has 0 fully saturated rings. The number of ether oxygens (including phenoxy) is 1. The molecule has 1 atom stereocenters. The number of benzene rings is 1. The van der Waals surface area contributed by atoms with Crippen LogP contribution < -0.4 is 10.5 Å². The fourth-order valence-electron chi connectivity index (χ4n) is 2.02. The number of aliphatic carboxylic acids is 1. The molecule has 1 heterocycles. The number of fused-ring (bicyclic) bond motifs is 1. The van der Waals surface area contributed by atoms with Gasteiger partial charge in [0.25, 0.3) is 0 Å². The molecule has 0 saturated carbocycles. The van der Waals surface area contributed by atoms with E-state index in [0.717, 1.165) is 11.3 Å². The van der Waals surface area contributed by atoms with E-state index in [1.54, 1.807) is 4.90 Å². The van der Waals surface area contributed by atoms with Crippen molar-refractivity contribution in [3.05, 3.63) is 29.8 Å². The van der Waals surface area contributed by atoms with Gasteiger partial charge in [-0.1, -0.05) is 18.2 Å². The number of nitrogens with two attached hydrogens (primary N) is 1. The number of nitrogens with zero attached hydrogens (tertiary/aromatic N) is 1. The zero-order valence-electron chi connectivity index (χ0n) is 10.4. The van der Waals surface area contributed by atoms with Gasteiger partial charge in [-0.25, -0.2) is 0 Å². The highest BCUT2D eigenvalue weighted by molar-refractivity contribution is 5.86. The summed E-state index contributed by atoms with van der Waals surface area (Å²) in [6.45, 7) is 1.17. The van der Waals surface area contributed by atoms with Gasteiger partial charge in [0.1, 0.15) is 12.4 Å². The van der Waals surface area contributed by atoms with E-state index in [2.05, 4.69) is 0 Å². The molecule has 0 saturated heterocycles. The van der Waals surface area contributed by atoms with Gasteiger partial charge in [-0.05, 0) is 6.07 Å². The third-order valence-corrected chi connectivity index (χ3v) is 2.98. The topological polar surface area (TPSA) is 92.9 Å². The van der Waals surface area contributed by atoms with Gasteiger partial charge < -0.3 is 20.5 Å². The molecule has 1 aromatic carbocycles. The second kappa shape index (κ2) is 5.71. The number of carbonyl (C=O) groups is 2. The van der Waals surface area contributed by atoms with Crippen molar-refractivity contribution in [2.75, 3.05) is 13.2 Å². The molecule has 19 heavy (non-hydrogen) atoms. The summed E-state index contributed by atoms with van der Waals surface area (Å²) in [7, 11) is 0. The van der Waals surface area contributed by atoms with Crippen molar-refractivity contribution in [2.24, 2.45) is 5.73 Å². The summed E-state index contributed by atoms with van der Waals surface area (Å²) in [6.07, 6.45) is -0.363. The quantitative estimate of drug-likeness (QED) is 0.814. The molecule has 0 bridgehead atoms. The number of carbonyl (C=O) groups excluding carboxylic acids is 1. The van der Waals surface area contributed by atoms with E-state index in [9.17, 15) is 9.59 Å². The lowest BCUT2D eigenvalue weighted by atomic mass is 10.1. The Hall–Kier alpha value is -2.08. The summed E-state index contributed by atoms with van der Waals surface area (Å²) >= 11 is 0. The maximum Gasteiger partial charge on any atom is 0.305 e. The molecule has 1 aliphatic rings. The molecule has 0 spiro atoms. The van der Waals surface area contributed by atoms with Crippen LogP contribution in [0.5, 0.6) is 5.75 Å². The summed E-state index contributed by atoms with van der Waals surface area (Å²) in [6, 6.07) is 6.45. The van der Waals surface area contributed by atoms with Gasteiger partial charge in [-0.3, -0.25) is 9.59 Å². The smallest absolute Gasteiger partial charge is 0.305 e. The van der Waals surface area contributed by atoms with Gasteiger partial charge in [0.15, 0.2) is 0 Å². The normalized spacial score (nSPS) is 15.9. The number of rotatable bonds is 3. The average Bonchev–Trinajstić information content (AvgIpc) is 2.58. The van der Waals surface area contributed by atoms with Gasteiger partial charge in [0.2, 0.25) is 5.91 Å². The Morgan fingerprint density at radius 3 is 2.89 bits per heavy atom. The highest BCUT2D eigenvalue weighted by Crippen LogP contribution is 2.22. The van der Waals surface area contributed by atoms with E-state index >= 15 is 0 Å². The largest absolute Gasteiger partial charge is 0.491 e. The zero-order chi connectivity index (χ0) is 13.8. The van der Waals surface area contributed by atoms with Crippen LogP contribution in [0.1, 0.15) is 12.0 Å². The summed E-state index contributed by atoms with van der Waals surface area (Å²) in [5.41, 5.74) is 6.51. The Labute approximate surface area is 110 Å². The lowest BCUT2D eigenvalue weighted by Crippen LogP contribution is -2.45. The standard InChI is InChI=1S/C13H16N2O4/c14-10(7-12(16)17)13(18)15-5-6-19-11-4-2-1-3-9(11)8-15/h1-4,10H,5-8,14H2,(H,16,17). The van der Waals surface area contributed by atoms with Gasteiger partial charge in [0, 0.05) is 12.1 Å². The lowest BCUT2D eigenvalue weighted by molar-refractivity contribution is -0.142. The van der Waals surface area contributed by atoms with Crippen molar-refractivity contribution in [3.8, 4) is 5.75 Å². The Morgan fingerprint density at radius 1 is 1.42 bits per heavy atom. The van der Waals surface area contributed by atoms with Crippen LogP contribution in [0.2, 0.25) is 0 Å². The fraction of sp³-hybridized carbons (Fsp3) is 0.385. The minimum absolute atomic E-state index is 0.359. The Balaban J connectivity index is 2.09. The molecule has 0 radical (unpaired) electrons. The summed E-state index contributed by atoms with van der Waals surface area (Å²) < 4.78 is 5.54. The van der Waals surface area contributed by atoms with Crippen molar-refractivity contribution in [1.82, 2.24) is 4.90 Å². The van der Waals surface area contributed by atoms with Gasteiger partial charge in [-0.2, -0.15) is 0 Å². The maximum atomic E-state index is 12.1. The van der Waals surface area contributed by atoms with Gasteiger partial charge in [-0.15, -0.1) is 0 Å². The second-order valence-electron chi connectivity index (χ2n) is 4.42. The third kappa shape index (κ3) is 3.23. The van der Waals surface area contributed by atoms with Gasteiger partial charge >= 0.3 is 5.97 Å². The highest BCUT2D eigenvalue weighted by Gasteiger charge is 2.25. The van der Waals surface area contributed by atoms with E-state index in [4.69, 9.17) is 15.6 Å². The van der Waals surface area contributed by atoms with Crippen molar-refractivity contribution in [1.29, 1.82) is 0 Å². The molecule has 1 amide bonds. The van der Waals surface area contributed by atoms with E-state index in [-0.39, 0.29) is 12.3 Å². The van der Waals surface area contributed by atoms with Crippen LogP contribution in [-0.2, 0) is 16.1 Å². The number of carboxylic acids is 1. The number of carboxylic acid groups (broad SMARTS) is 1. The van der Waals surface area contributed by atoms with Gasteiger partial charge in [0.05, 0.1) is 19.0 Å². The molecular weight excluding hydrogens is 248 g/mol. The van der Waals surface area contributed by atoms with Crippen molar-refractivity contribution < 1.29 is 19.4 Å². The lowest BCUT2D eigenvalue weighted by Gasteiger charge is -2.22. The molecule has 1 aliphatic heterocycles. The van der Waals surface area contributed by atoms with E-state index in [0.29, 0.717) is 19.7 Å². The minimum atomic E-state index is -1.08. The molecule has 6 nitrogen and oxygen atoms in total. The van der Waals surface area contributed by atoms with E-state index in [1.807, 2.05) is 24.3 Å². The average molecular weight is 264 g/mol. The monoisotopic (exact) mass is 264 g/mol. The molecule has 3 N–H and O–H groups in total. The first-order valence-electron chi connectivity index (χ1n) is 6.05. The van der Waals surface area contributed by atoms with Crippen LogP contribution in [0, 0.1) is 0 Å². The molecule has 1 unspecified atom stereocenters. The van der Waals surface area contributed by atoms with Crippen LogP contribution >= 0.6 is 0 Å². The first-order valence-corrected chi connectivity index (χ1v) is 6.05. The summed E-state index contributed by atoms with van der Waals surface area (Å²) in [4.78, 5) is 24.2. The zero-order valence-corrected chi connectivity index (χ0v) is 10.4. The Bertz CT molecular complexity index is 489. The van der Waals surface area contributed by atoms with Crippen LogP contribution in [0.15, 0.2) is 24.3 Å². The van der Waals surface area contributed by atoms with Crippen molar-refractivity contribution in [2.45, 2.75) is 19.0 Å². The van der Waals surface area contributed by atoms with Crippen LogP contribution in [0.3, 0.4) is 0 Å². The molecule has 2 rings (SSSR count). The molecule has 6 heteroatoms. The first-order chi connectivity index (χ1) is 9.08. The number of hydrogen-bond acceptors (Lipinski definition) is 4. The number of amides is 1. The number of para-hydroxylation sites is 1. The predicted molar refractivity (Wildman–Crippen MR) is 67.6 cm³/mol. The third-order valence-electron chi connectivity index (χ3n) is 2.98. The van der Waals surface area contributed by atoms with Crippen LogP contribution in [0.25, 0.3) is 0 Å². The highest BCUT2D eigenvalue weighted by atomic mass is 16.5. The predicted octanol–water partition coefficient (Wildman–Crippen LogP) is 0.210. The minimum Gasteiger partial charge on any atom is -0.491 e. The first kappa shape index (κ1) is 13.4. The van der Waals surface area contributed by atoms with Crippen molar-refractivity contribution >= 4 is 11.9 Å². The summed E-state index contributed by atoms with van der Waals surface area (Å²) in [5, 5.41) is 8.67. The summed E-state index contributed by atoms with van der Waals surface area (Å²) in [5.74, 6) is -0.681. The Kier molecular flexibility index (Phi) is 4.01. The SMILES string of the molecule is NC(CC(=O)O)C(=O)N1CCOc2ccccc2C1. The maximum absolute atomic E-state index is 12.1. The molecule has 1 aromatic rings. The molecule has 102 valence electrons. The molecular formula is C13H16N2O4. The van der Waals surface area contributed by atoms with Crippen molar-refractivity contribution in [3.63, 3.8) is 0 Å². The fourth-order valence-corrected chi connectivity index (χ4v) is 2.02. The Morgan fingerprint density at radius 2 is 2.16 bits per heavy atom. The van der Waals surface area contributed by atoms with E-state index in [1.165, 1.54) is 0 Å². The molecule has 0 aliphatic carbocycles. The number of hydrogen-bond donors (Lipinski definition) is 2. The van der Waals surface area contributed by atoms with Crippen LogP contribution in [-0.4, -0.2) is 41.1 Å². The van der Waals surface area contributed by atoms with E-state index < -0.39 is 12.0 Å². The second-order valence-corrected chi connectivity index (χ2v) is 4.42.